The molecule has 0 aliphatic heterocycles. The molecule has 0 spiro atoms. The second-order valence-corrected chi connectivity index (χ2v) is 8.03. The van der Waals surface area contributed by atoms with Crippen molar-refractivity contribution in [1.29, 1.82) is 0 Å². The number of hydrogen-bond donors (Lipinski definition) is 1. The number of hydrogen-bond acceptors (Lipinski definition) is 4. The van der Waals surface area contributed by atoms with Gasteiger partial charge in [-0.1, -0.05) is 31.9 Å². The van der Waals surface area contributed by atoms with Gasteiger partial charge in [-0.05, 0) is 61.2 Å². The molecule has 3 rings (SSSR count). The first-order valence-electron chi connectivity index (χ1n) is 11.1. The second-order valence-electron chi connectivity index (χ2n) is 8.03. The van der Waals surface area contributed by atoms with Gasteiger partial charge in [0.05, 0.1) is 7.11 Å². The van der Waals surface area contributed by atoms with Crippen molar-refractivity contribution in [2.45, 2.75) is 57.7 Å². The average Bonchev–Trinajstić information content (AvgIpc) is 3.31. The molecule has 6 nitrogen and oxygen atoms in total. The van der Waals surface area contributed by atoms with Crippen molar-refractivity contribution >= 4 is 11.8 Å². The van der Waals surface area contributed by atoms with Crippen LogP contribution in [0.4, 0.5) is 4.39 Å². The summed E-state index contributed by atoms with van der Waals surface area (Å²) >= 11 is 0. The molecule has 1 fully saturated rings. The lowest BCUT2D eigenvalue weighted by atomic mass is 10.1. The van der Waals surface area contributed by atoms with E-state index in [9.17, 15) is 14.0 Å². The number of nitrogens with zero attached hydrogens (tertiary/aromatic N) is 1. The lowest BCUT2D eigenvalue weighted by Crippen LogP contribution is -2.52. The maximum atomic E-state index is 13.2. The van der Waals surface area contributed by atoms with Gasteiger partial charge in [0.1, 0.15) is 23.4 Å². The van der Waals surface area contributed by atoms with Crippen molar-refractivity contribution in [3.8, 4) is 11.5 Å². The lowest BCUT2D eigenvalue weighted by Gasteiger charge is -2.31. The van der Waals surface area contributed by atoms with Crippen LogP contribution in [0.15, 0.2) is 48.5 Å². The highest BCUT2D eigenvalue weighted by Gasteiger charge is 2.30. The van der Waals surface area contributed by atoms with Crippen LogP contribution in [0.1, 0.15) is 44.6 Å². The first kappa shape index (κ1) is 23.6. The summed E-state index contributed by atoms with van der Waals surface area (Å²) in [7, 11) is 1.60. The minimum atomic E-state index is -0.609. The minimum Gasteiger partial charge on any atom is -0.497 e. The number of methoxy groups -OCH3 is 1. The molecule has 7 heteroatoms. The number of halogens is 1. The van der Waals surface area contributed by atoms with Gasteiger partial charge in [-0.3, -0.25) is 9.59 Å². The van der Waals surface area contributed by atoms with E-state index in [-0.39, 0.29) is 36.8 Å². The highest BCUT2D eigenvalue weighted by molar-refractivity contribution is 5.88. The summed E-state index contributed by atoms with van der Waals surface area (Å²) in [5, 5.41) is 3.11. The molecule has 0 unspecified atom stereocenters. The van der Waals surface area contributed by atoms with E-state index in [4.69, 9.17) is 9.47 Å². The fraction of sp³-hybridized carbons (Fsp3) is 0.440. The van der Waals surface area contributed by atoms with Crippen LogP contribution in [0, 0.1) is 5.82 Å². The normalized spacial score (nSPS) is 14.6. The smallest absolute Gasteiger partial charge is 0.261 e. The van der Waals surface area contributed by atoms with Crippen LogP contribution in [0.3, 0.4) is 0 Å². The Balaban J connectivity index is 1.74. The highest BCUT2D eigenvalue weighted by Crippen LogP contribution is 2.20. The zero-order valence-electron chi connectivity index (χ0n) is 18.7. The van der Waals surface area contributed by atoms with E-state index in [0.29, 0.717) is 12.2 Å². The van der Waals surface area contributed by atoms with Crippen molar-refractivity contribution in [3.63, 3.8) is 0 Å². The topological polar surface area (TPSA) is 67.9 Å². The van der Waals surface area contributed by atoms with Crippen molar-refractivity contribution in [2.75, 3.05) is 13.7 Å². The number of nitrogens with one attached hydrogen (secondary N) is 1. The number of ether oxygens (including phenoxy) is 2. The van der Waals surface area contributed by atoms with Crippen LogP contribution in [0.2, 0.25) is 0 Å². The van der Waals surface area contributed by atoms with Crippen LogP contribution in [-0.4, -0.2) is 42.5 Å². The van der Waals surface area contributed by atoms with Crippen molar-refractivity contribution in [2.24, 2.45) is 0 Å². The summed E-state index contributed by atoms with van der Waals surface area (Å²) in [5.74, 6) is 0.297. The molecular weight excluding hydrogens is 411 g/mol. The minimum absolute atomic E-state index is 0.136. The first-order chi connectivity index (χ1) is 15.5. The molecule has 0 radical (unpaired) electrons. The molecule has 1 N–H and O–H groups in total. The zero-order chi connectivity index (χ0) is 22.9. The number of rotatable bonds is 10. The number of carbonyl (C=O) groups excluding carboxylic acids is 2. The van der Waals surface area contributed by atoms with Gasteiger partial charge in [-0.15, -0.1) is 0 Å². The SMILES string of the molecule is CC[C@@H](C(=O)NC1CCCC1)N(Cc1ccc(OC)cc1)C(=O)COc1ccc(F)cc1. The zero-order valence-corrected chi connectivity index (χ0v) is 18.7. The Morgan fingerprint density at radius 2 is 1.69 bits per heavy atom. The van der Waals surface area contributed by atoms with E-state index in [1.165, 1.54) is 24.3 Å². The third-order valence-electron chi connectivity index (χ3n) is 5.78. The Morgan fingerprint density at radius 1 is 1.06 bits per heavy atom. The van der Waals surface area contributed by atoms with Gasteiger partial charge in [-0.25, -0.2) is 4.39 Å². The Kier molecular flexibility index (Phi) is 8.48. The molecule has 0 aromatic heterocycles. The van der Waals surface area contributed by atoms with Gasteiger partial charge >= 0.3 is 0 Å². The average molecular weight is 443 g/mol. The second kappa shape index (κ2) is 11.5. The van der Waals surface area contributed by atoms with Gasteiger partial charge in [0, 0.05) is 12.6 Å². The van der Waals surface area contributed by atoms with Crippen LogP contribution >= 0.6 is 0 Å². The largest absolute Gasteiger partial charge is 0.497 e. The lowest BCUT2D eigenvalue weighted by molar-refractivity contribution is -0.143. The van der Waals surface area contributed by atoms with Crippen molar-refractivity contribution in [1.82, 2.24) is 10.2 Å². The van der Waals surface area contributed by atoms with Crippen molar-refractivity contribution < 1.29 is 23.5 Å². The number of amides is 2. The summed E-state index contributed by atoms with van der Waals surface area (Å²) < 4.78 is 23.9. The predicted octanol–water partition coefficient (Wildman–Crippen LogP) is 4.08. The molecule has 0 heterocycles. The summed E-state index contributed by atoms with van der Waals surface area (Å²) in [4.78, 5) is 27.8. The van der Waals surface area contributed by atoms with Crippen molar-refractivity contribution in [3.05, 3.63) is 59.9 Å². The van der Waals surface area contributed by atoms with Crippen LogP contribution < -0.4 is 14.8 Å². The molecule has 2 amide bonds. The van der Waals surface area contributed by atoms with Gasteiger partial charge < -0.3 is 19.7 Å². The van der Waals surface area contributed by atoms with E-state index in [0.717, 1.165) is 37.0 Å². The van der Waals surface area contributed by atoms with Crippen LogP contribution in [-0.2, 0) is 16.1 Å². The predicted molar refractivity (Wildman–Crippen MR) is 120 cm³/mol. The molecule has 1 aliphatic rings. The Labute approximate surface area is 188 Å². The molecule has 0 bridgehead atoms. The Hall–Kier alpha value is -3.09. The van der Waals surface area contributed by atoms with Crippen LogP contribution in [0.25, 0.3) is 0 Å². The first-order valence-corrected chi connectivity index (χ1v) is 11.1. The molecule has 2 aromatic rings. The number of carbonyl (C=O) groups is 2. The molecule has 32 heavy (non-hydrogen) atoms. The van der Waals surface area contributed by atoms with E-state index in [1.54, 1.807) is 12.0 Å². The summed E-state index contributed by atoms with van der Waals surface area (Å²) in [5.41, 5.74) is 0.882. The molecule has 172 valence electrons. The van der Waals surface area contributed by atoms with E-state index < -0.39 is 6.04 Å². The summed E-state index contributed by atoms with van der Waals surface area (Å²) in [6, 6.07) is 12.5. The molecular formula is C25H31FN2O4. The molecule has 0 saturated heterocycles. The summed E-state index contributed by atoms with van der Waals surface area (Å²) in [6.45, 7) is 1.93. The Morgan fingerprint density at radius 3 is 2.28 bits per heavy atom. The third kappa shape index (κ3) is 6.45. The van der Waals surface area contributed by atoms with E-state index in [2.05, 4.69) is 5.32 Å². The fourth-order valence-electron chi connectivity index (χ4n) is 3.97. The van der Waals surface area contributed by atoms with Gasteiger partial charge in [0.2, 0.25) is 5.91 Å². The third-order valence-corrected chi connectivity index (χ3v) is 5.78. The molecule has 2 aromatic carbocycles. The van der Waals surface area contributed by atoms with Gasteiger partial charge in [-0.2, -0.15) is 0 Å². The quantitative estimate of drug-likeness (QED) is 0.602. The fourth-order valence-corrected chi connectivity index (χ4v) is 3.97. The van der Waals surface area contributed by atoms with Crippen LogP contribution in [0.5, 0.6) is 11.5 Å². The highest BCUT2D eigenvalue weighted by atomic mass is 19.1. The standard InChI is InChI=1S/C25H31FN2O4/c1-3-23(25(30)27-20-6-4-5-7-20)28(16-18-8-12-21(31-2)13-9-18)24(29)17-32-22-14-10-19(26)11-15-22/h8-15,20,23H,3-7,16-17H2,1-2H3,(H,27,30)/t23-/m0/s1. The van der Waals surface area contributed by atoms with E-state index >= 15 is 0 Å². The maximum absolute atomic E-state index is 13.2. The maximum Gasteiger partial charge on any atom is 0.261 e. The molecule has 1 saturated carbocycles. The van der Waals surface area contributed by atoms with E-state index in [1.807, 2.05) is 31.2 Å². The Bertz CT molecular complexity index is 880. The molecule has 1 aliphatic carbocycles. The molecule has 1 atom stereocenters. The number of benzene rings is 2. The summed E-state index contributed by atoms with van der Waals surface area (Å²) in [6.07, 6.45) is 4.66. The monoisotopic (exact) mass is 442 g/mol. The van der Waals surface area contributed by atoms with Gasteiger partial charge in [0.15, 0.2) is 6.61 Å². The van der Waals surface area contributed by atoms with Gasteiger partial charge in [0.25, 0.3) is 5.91 Å².